The molecule has 0 saturated heterocycles. The summed E-state index contributed by atoms with van der Waals surface area (Å²) in [6, 6.07) is 0. The Balaban J connectivity index is 2.93. The van der Waals surface area contributed by atoms with Crippen LogP contribution in [0.4, 0.5) is 0 Å². The zero-order valence-corrected chi connectivity index (χ0v) is 9.95. The summed E-state index contributed by atoms with van der Waals surface area (Å²) >= 11 is 0. The number of esters is 1. The van der Waals surface area contributed by atoms with Crippen LogP contribution in [0, 0.1) is 5.92 Å². The number of ether oxygens (including phenoxy) is 1. The Hall–Kier alpha value is -1.45. The Labute approximate surface area is 95.4 Å². The van der Waals surface area contributed by atoms with E-state index in [-0.39, 0.29) is 17.7 Å². The molecule has 4 heteroatoms. The van der Waals surface area contributed by atoms with E-state index >= 15 is 0 Å². The van der Waals surface area contributed by atoms with Gasteiger partial charge in [0.2, 0.25) is 0 Å². The molecule has 16 heavy (non-hydrogen) atoms. The number of ketones is 1. The molecule has 0 amide bonds. The first kappa shape index (κ1) is 12.6. The van der Waals surface area contributed by atoms with Gasteiger partial charge in [-0.3, -0.25) is 9.79 Å². The minimum atomic E-state index is -0.331. The third kappa shape index (κ3) is 2.78. The summed E-state index contributed by atoms with van der Waals surface area (Å²) in [7, 11) is 0. The summed E-state index contributed by atoms with van der Waals surface area (Å²) in [5, 5.41) is 0. The molecule has 1 heterocycles. The highest BCUT2D eigenvalue weighted by Crippen LogP contribution is 2.21. The summed E-state index contributed by atoms with van der Waals surface area (Å²) in [6.07, 6.45) is 2.39. The van der Waals surface area contributed by atoms with Crippen molar-refractivity contribution < 1.29 is 14.3 Å². The van der Waals surface area contributed by atoms with Gasteiger partial charge in [0.05, 0.1) is 6.61 Å². The maximum Gasteiger partial charge on any atom is 0.334 e. The Morgan fingerprint density at radius 1 is 1.50 bits per heavy atom. The number of hydrogen-bond donors (Lipinski definition) is 0. The minimum Gasteiger partial charge on any atom is -0.463 e. The smallest absolute Gasteiger partial charge is 0.334 e. The van der Waals surface area contributed by atoms with Crippen LogP contribution in [0.2, 0.25) is 0 Å². The van der Waals surface area contributed by atoms with Crippen LogP contribution >= 0.6 is 0 Å². The molecule has 88 valence electrons. The van der Waals surface area contributed by atoms with E-state index in [1.54, 1.807) is 13.0 Å². The summed E-state index contributed by atoms with van der Waals surface area (Å²) in [5.41, 5.74) is 0.942. The van der Waals surface area contributed by atoms with Crippen molar-refractivity contribution in [3.8, 4) is 0 Å². The van der Waals surface area contributed by atoms with Crippen molar-refractivity contribution >= 4 is 17.5 Å². The summed E-state index contributed by atoms with van der Waals surface area (Å²) < 4.78 is 4.97. The molecule has 0 fully saturated rings. The quantitative estimate of drug-likeness (QED) is 0.679. The number of carbonyl (C=O) groups excluding carboxylic acids is 2. The van der Waals surface area contributed by atoms with Crippen LogP contribution in [0.3, 0.4) is 0 Å². The molecule has 0 aliphatic carbocycles. The molecule has 1 unspecified atom stereocenters. The molecule has 0 aromatic carbocycles. The number of aliphatic imine (C=N–C) groups is 1. The number of hydrogen-bond acceptors (Lipinski definition) is 4. The van der Waals surface area contributed by atoms with Crippen LogP contribution in [0.1, 0.15) is 27.2 Å². The van der Waals surface area contributed by atoms with Crippen molar-refractivity contribution in [3.63, 3.8) is 0 Å². The Morgan fingerprint density at radius 2 is 2.19 bits per heavy atom. The summed E-state index contributed by atoms with van der Waals surface area (Å²) in [5.74, 6) is -0.374. The zero-order chi connectivity index (χ0) is 12.1. The first-order chi connectivity index (χ1) is 7.60. The van der Waals surface area contributed by atoms with E-state index in [4.69, 9.17) is 4.74 Å². The van der Waals surface area contributed by atoms with Gasteiger partial charge in [-0.2, -0.15) is 0 Å². The van der Waals surface area contributed by atoms with Gasteiger partial charge in [-0.15, -0.1) is 0 Å². The highest BCUT2D eigenvalue weighted by atomic mass is 16.5. The first-order valence-electron chi connectivity index (χ1n) is 5.54. The van der Waals surface area contributed by atoms with Gasteiger partial charge >= 0.3 is 5.97 Å². The van der Waals surface area contributed by atoms with Gasteiger partial charge in [0.25, 0.3) is 0 Å². The van der Waals surface area contributed by atoms with Crippen LogP contribution in [-0.4, -0.2) is 30.6 Å². The molecule has 0 saturated carbocycles. The molecule has 0 spiro atoms. The highest BCUT2D eigenvalue weighted by molar-refractivity contribution is 6.44. The molecule has 0 aromatic heterocycles. The maximum atomic E-state index is 11.7. The predicted molar refractivity (Wildman–Crippen MR) is 61.5 cm³/mol. The van der Waals surface area contributed by atoms with Gasteiger partial charge in [-0.05, 0) is 19.4 Å². The van der Waals surface area contributed by atoms with Crippen molar-refractivity contribution in [1.82, 2.24) is 0 Å². The number of nitrogens with zero attached hydrogens (tertiary/aromatic N) is 1. The molecule has 1 aliphatic heterocycles. The van der Waals surface area contributed by atoms with Crippen LogP contribution in [-0.2, 0) is 14.3 Å². The SMILES string of the molecule is CCOC(=O)C1=CC(C(C)=O)=NCC1CC. The van der Waals surface area contributed by atoms with Crippen molar-refractivity contribution in [2.24, 2.45) is 10.9 Å². The average molecular weight is 223 g/mol. The number of dihydropyridines is 1. The molecule has 1 aliphatic rings. The van der Waals surface area contributed by atoms with Gasteiger partial charge < -0.3 is 4.74 Å². The topological polar surface area (TPSA) is 55.7 Å². The third-order valence-corrected chi connectivity index (χ3v) is 2.58. The normalized spacial score (nSPS) is 19.8. The van der Waals surface area contributed by atoms with Crippen LogP contribution in [0.15, 0.2) is 16.6 Å². The van der Waals surface area contributed by atoms with E-state index < -0.39 is 0 Å². The van der Waals surface area contributed by atoms with Gasteiger partial charge in [-0.1, -0.05) is 6.92 Å². The fourth-order valence-electron chi connectivity index (χ4n) is 1.62. The summed E-state index contributed by atoms with van der Waals surface area (Å²) in [6.45, 7) is 6.05. The van der Waals surface area contributed by atoms with E-state index in [1.807, 2.05) is 6.92 Å². The van der Waals surface area contributed by atoms with Crippen molar-refractivity contribution in [3.05, 3.63) is 11.6 Å². The highest BCUT2D eigenvalue weighted by Gasteiger charge is 2.25. The minimum absolute atomic E-state index is 0.0714. The summed E-state index contributed by atoms with van der Waals surface area (Å²) in [4.78, 5) is 27.0. The van der Waals surface area contributed by atoms with Gasteiger partial charge in [0.1, 0.15) is 5.71 Å². The van der Waals surface area contributed by atoms with Crippen molar-refractivity contribution in [1.29, 1.82) is 0 Å². The molecule has 0 radical (unpaired) electrons. The third-order valence-electron chi connectivity index (χ3n) is 2.58. The maximum absolute atomic E-state index is 11.7. The molecule has 0 N–H and O–H groups in total. The van der Waals surface area contributed by atoms with Crippen LogP contribution in [0.5, 0.6) is 0 Å². The van der Waals surface area contributed by atoms with E-state index in [0.717, 1.165) is 6.42 Å². The Kier molecular flexibility index (Phi) is 4.40. The predicted octanol–water partition coefficient (Wildman–Crippen LogP) is 1.55. The fourth-order valence-corrected chi connectivity index (χ4v) is 1.62. The Bertz CT molecular complexity index is 355. The molecule has 4 nitrogen and oxygen atoms in total. The molecular formula is C12H17NO3. The molecule has 0 aromatic rings. The fraction of sp³-hybridized carbons (Fsp3) is 0.583. The van der Waals surface area contributed by atoms with Crippen molar-refractivity contribution in [2.45, 2.75) is 27.2 Å². The average Bonchev–Trinajstić information content (AvgIpc) is 2.28. The molecular weight excluding hydrogens is 206 g/mol. The number of carbonyl (C=O) groups is 2. The second-order valence-electron chi connectivity index (χ2n) is 3.71. The second-order valence-corrected chi connectivity index (χ2v) is 3.71. The monoisotopic (exact) mass is 223 g/mol. The lowest BCUT2D eigenvalue weighted by atomic mass is 9.92. The van der Waals surface area contributed by atoms with E-state index in [0.29, 0.717) is 24.4 Å². The van der Waals surface area contributed by atoms with Crippen LogP contribution in [0.25, 0.3) is 0 Å². The molecule has 1 atom stereocenters. The number of rotatable bonds is 4. The lowest BCUT2D eigenvalue weighted by molar-refractivity contribution is -0.139. The van der Waals surface area contributed by atoms with E-state index in [9.17, 15) is 9.59 Å². The lowest BCUT2D eigenvalue weighted by Crippen LogP contribution is -2.25. The zero-order valence-electron chi connectivity index (χ0n) is 9.95. The van der Waals surface area contributed by atoms with Gasteiger partial charge in [-0.25, -0.2) is 4.79 Å². The Morgan fingerprint density at radius 3 is 2.69 bits per heavy atom. The van der Waals surface area contributed by atoms with Crippen LogP contribution < -0.4 is 0 Å². The number of allylic oxidation sites excluding steroid dienone is 1. The second kappa shape index (κ2) is 5.58. The van der Waals surface area contributed by atoms with Gasteiger partial charge in [0, 0.05) is 25.0 Å². The first-order valence-corrected chi connectivity index (χ1v) is 5.54. The molecule has 0 bridgehead atoms. The largest absolute Gasteiger partial charge is 0.463 e. The van der Waals surface area contributed by atoms with E-state index in [1.165, 1.54) is 6.92 Å². The van der Waals surface area contributed by atoms with Crippen molar-refractivity contribution in [2.75, 3.05) is 13.2 Å². The number of Topliss-reactive ketones (excluding diaryl/α,β-unsaturated/α-hetero) is 1. The van der Waals surface area contributed by atoms with Gasteiger partial charge in [0.15, 0.2) is 5.78 Å². The molecule has 1 rings (SSSR count). The van der Waals surface area contributed by atoms with E-state index in [2.05, 4.69) is 4.99 Å². The lowest BCUT2D eigenvalue weighted by Gasteiger charge is -2.19. The standard InChI is InChI=1S/C12H17NO3/c1-4-9-7-13-11(8(3)14)6-10(9)12(15)16-5-2/h6,9H,4-5,7H2,1-3H3.